The largest absolute Gasteiger partial charge is 0.315 e. The van der Waals surface area contributed by atoms with Crippen LogP contribution in [0, 0.1) is 5.92 Å². The molecule has 0 aromatic heterocycles. The summed E-state index contributed by atoms with van der Waals surface area (Å²) in [5, 5.41) is 3.68. The van der Waals surface area contributed by atoms with Gasteiger partial charge in [-0.25, -0.2) is 0 Å². The Morgan fingerprint density at radius 3 is 2.32 bits per heavy atom. The molecule has 0 radical (unpaired) electrons. The lowest BCUT2D eigenvalue weighted by Gasteiger charge is -2.35. The number of nitrogens with one attached hydrogen (secondary N) is 1. The third kappa shape index (κ3) is 5.41. The van der Waals surface area contributed by atoms with E-state index < -0.39 is 0 Å². The molecule has 0 amide bonds. The van der Waals surface area contributed by atoms with Crippen molar-refractivity contribution in [3.8, 4) is 0 Å². The normalized spacial score (nSPS) is 24.2. The van der Waals surface area contributed by atoms with Gasteiger partial charge in [-0.2, -0.15) is 0 Å². The van der Waals surface area contributed by atoms with E-state index in [4.69, 9.17) is 0 Å². The molecule has 2 fully saturated rings. The van der Waals surface area contributed by atoms with Gasteiger partial charge in [0.15, 0.2) is 0 Å². The van der Waals surface area contributed by atoms with Crippen LogP contribution in [0.5, 0.6) is 0 Å². The van der Waals surface area contributed by atoms with Gasteiger partial charge in [0.25, 0.3) is 0 Å². The first-order chi connectivity index (χ1) is 9.25. The molecule has 0 bridgehead atoms. The van der Waals surface area contributed by atoms with E-state index in [1.807, 2.05) is 0 Å². The first-order valence-corrected chi connectivity index (χ1v) is 8.35. The van der Waals surface area contributed by atoms with Gasteiger partial charge in [-0.3, -0.25) is 0 Å². The molecule has 3 nitrogen and oxygen atoms in total. The first-order valence-electron chi connectivity index (χ1n) is 8.35. The van der Waals surface area contributed by atoms with Crippen molar-refractivity contribution >= 4 is 0 Å². The first kappa shape index (κ1) is 15.3. The van der Waals surface area contributed by atoms with Crippen molar-refractivity contribution in [1.29, 1.82) is 0 Å². The average molecular weight is 267 g/mol. The van der Waals surface area contributed by atoms with Gasteiger partial charge in [0.1, 0.15) is 0 Å². The second-order valence-corrected chi connectivity index (χ2v) is 6.74. The zero-order valence-electron chi connectivity index (χ0n) is 13.0. The number of hydrogen-bond donors (Lipinski definition) is 1. The molecule has 1 N–H and O–H groups in total. The molecule has 2 rings (SSSR count). The number of hydrogen-bond acceptors (Lipinski definition) is 3. The zero-order valence-corrected chi connectivity index (χ0v) is 13.0. The summed E-state index contributed by atoms with van der Waals surface area (Å²) < 4.78 is 0. The molecule has 0 aromatic rings. The minimum Gasteiger partial charge on any atom is -0.315 e. The van der Waals surface area contributed by atoms with Crippen LogP contribution in [0.15, 0.2) is 0 Å². The smallest absolute Gasteiger partial charge is 0.0113 e. The average Bonchev–Trinajstić information content (AvgIpc) is 2.45. The van der Waals surface area contributed by atoms with E-state index >= 15 is 0 Å². The SMILES string of the molecule is CN(C)C1CCN(CCNCC2CCCCC2)CC1. The Bertz CT molecular complexity index is 228. The summed E-state index contributed by atoms with van der Waals surface area (Å²) in [5.74, 6) is 0.966. The molecule has 1 saturated carbocycles. The van der Waals surface area contributed by atoms with Gasteiger partial charge in [-0.15, -0.1) is 0 Å². The maximum Gasteiger partial charge on any atom is 0.0113 e. The molecule has 0 unspecified atom stereocenters. The maximum atomic E-state index is 3.68. The monoisotopic (exact) mass is 267 g/mol. The number of rotatable bonds is 6. The van der Waals surface area contributed by atoms with E-state index in [0.717, 1.165) is 12.0 Å². The number of likely N-dealkylation sites (tertiary alicyclic amines) is 1. The van der Waals surface area contributed by atoms with Crippen LogP contribution in [-0.4, -0.2) is 62.7 Å². The predicted molar refractivity (Wildman–Crippen MR) is 82.6 cm³/mol. The molecule has 1 saturated heterocycles. The van der Waals surface area contributed by atoms with E-state index in [1.165, 1.54) is 77.7 Å². The van der Waals surface area contributed by atoms with Gasteiger partial charge in [-0.1, -0.05) is 19.3 Å². The Kier molecular flexibility index (Phi) is 6.62. The lowest BCUT2D eigenvalue weighted by Crippen LogP contribution is -2.44. The van der Waals surface area contributed by atoms with Crippen LogP contribution in [0.2, 0.25) is 0 Å². The summed E-state index contributed by atoms with van der Waals surface area (Å²) in [7, 11) is 4.43. The van der Waals surface area contributed by atoms with Crippen molar-refractivity contribution in [3.05, 3.63) is 0 Å². The highest BCUT2D eigenvalue weighted by Gasteiger charge is 2.20. The van der Waals surface area contributed by atoms with Gasteiger partial charge in [0, 0.05) is 19.1 Å². The minimum absolute atomic E-state index is 0.812. The molecule has 19 heavy (non-hydrogen) atoms. The fourth-order valence-electron chi connectivity index (χ4n) is 3.59. The summed E-state index contributed by atoms with van der Waals surface area (Å²) >= 11 is 0. The van der Waals surface area contributed by atoms with Crippen LogP contribution in [0.4, 0.5) is 0 Å². The minimum atomic E-state index is 0.812. The topological polar surface area (TPSA) is 18.5 Å². The van der Waals surface area contributed by atoms with E-state index in [-0.39, 0.29) is 0 Å². The number of nitrogens with zero attached hydrogens (tertiary/aromatic N) is 2. The molecule has 0 spiro atoms. The maximum absolute atomic E-state index is 3.68. The van der Waals surface area contributed by atoms with Crippen molar-refractivity contribution in [3.63, 3.8) is 0 Å². The Morgan fingerprint density at radius 2 is 1.68 bits per heavy atom. The fraction of sp³-hybridized carbons (Fsp3) is 1.00. The molecule has 0 atom stereocenters. The summed E-state index contributed by atoms with van der Waals surface area (Å²) in [5.41, 5.74) is 0. The van der Waals surface area contributed by atoms with Crippen LogP contribution in [-0.2, 0) is 0 Å². The van der Waals surface area contributed by atoms with Crippen LogP contribution in [0.3, 0.4) is 0 Å². The van der Waals surface area contributed by atoms with Gasteiger partial charge in [0.2, 0.25) is 0 Å². The van der Waals surface area contributed by atoms with Crippen molar-refractivity contribution < 1.29 is 0 Å². The molecule has 112 valence electrons. The second-order valence-electron chi connectivity index (χ2n) is 6.74. The van der Waals surface area contributed by atoms with Crippen LogP contribution < -0.4 is 5.32 Å². The highest BCUT2D eigenvalue weighted by Crippen LogP contribution is 2.22. The molecule has 1 heterocycles. The highest BCUT2D eigenvalue weighted by molar-refractivity contribution is 4.77. The Morgan fingerprint density at radius 1 is 1.00 bits per heavy atom. The van der Waals surface area contributed by atoms with E-state index in [9.17, 15) is 0 Å². The van der Waals surface area contributed by atoms with E-state index in [2.05, 4.69) is 29.2 Å². The van der Waals surface area contributed by atoms with Gasteiger partial charge < -0.3 is 15.1 Å². The second kappa shape index (κ2) is 8.23. The molecule has 1 aliphatic carbocycles. The van der Waals surface area contributed by atoms with Gasteiger partial charge >= 0.3 is 0 Å². The zero-order chi connectivity index (χ0) is 13.5. The van der Waals surface area contributed by atoms with Crippen LogP contribution in [0.25, 0.3) is 0 Å². The molecule has 3 heteroatoms. The summed E-state index contributed by atoms with van der Waals surface area (Å²) in [6.45, 7) is 6.26. The van der Waals surface area contributed by atoms with Crippen molar-refractivity contribution in [1.82, 2.24) is 15.1 Å². The highest BCUT2D eigenvalue weighted by atomic mass is 15.2. The fourth-order valence-corrected chi connectivity index (χ4v) is 3.59. The third-order valence-corrected chi connectivity index (χ3v) is 5.05. The lowest BCUT2D eigenvalue weighted by molar-refractivity contribution is 0.145. The van der Waals surface area contributed by atoms with Crippen molar-refractivity contribution in [2.45, 2.75) is 51.0 Å². The lowest BCUT2D eigenvalue weighted by atomic mass is 9.89. The van der Waals surface area contributed by atoms with Gasteiger partial charge in [-0.05, 0) is 65.3 Å². The Labute approximate surface area is 119 Å². The summed E-state index contributed by atoms with van der Waals surface area (Å²) in [4.78, 5) is 5.02. The molecule has 1 aliphatic heterocycles. The molecule has 2 aliphatic rings. The van der Waals surface area contributed by atoms with E-state index in [0.29, 0.717) is 0 Å². The standard InChI is InChI=1S/C16H33N3/c1-18(2)16-8-11-19(12-9-16)13-10-17-14-15-6-4-3-5-7-15/h15-17H,3-14H2,1-2H3. The van der Waals surface area contributed by atoms with Crippen molar-refractivity contribution in [2.75, 3.05) is 46.8 Å². The van der Waals surface area contributed by atoms with Crippen LogP contribution in [0.1, 0.15) is 44.9 Å². The predicted octanol–water partition coefficient (Wildman–Crippen LogP) is 2.18. The summed E-state index contributed by atoms with van der Waals surface area (Å²) in [6, 6.07) is 0.812. The van der Waals surface area contributed by atoms with E-state index in [1.54, 1.807) is 0 Å². The number of piperidine rings is 1. The summed E-state index contributed by atoms with van der Waals surface area (Å²) in [6.07, 6.45) is 10.00. The van der Waals surface area contributed by atoms with Crippen molar-refractivity contribution in [2.24, 2.45) is 5.92 Å². The quantitative estimate of drug-likeness (QED) is 0.744. The molecule has 0 aromatic carbocycles. The molecular formula is C16H33N3. The Hall–Kier alpha value is -0.120. The third-order valence-electron chi connectivity index (χ3n) is 5.05. The molecular weight excluding hydrogens is 234 g/mol. The van der Waals surface area contributed by atoms with Crippen LogP contribution >= 0.6 is 0 Å². The Balaban J connectivity index is 1.49. The van der Waals surface area contributed by atoms with Gasteiger partial charge in [0.05, 0.1) is 0 Å².